The first-order valence-corrected chi connectivity index (χ1v) is 7.70. The standard InChI is InChI=1S/C18H23N2.ClH/c1-2-7-13-20(12-6-1)18-10-14-19(15-11-18)16-17-8-4-3-5-9-17;/h3-5,8-11,14-15H,1-2,6-7,12-13,16H2;1H/q+1;. The van der Waals surface area contributed by atoms with Gasteiger partial charge in [0.1, 0.15) is 0 Å². The van der Waals surface area contributed by atoms with Crippen LogP contribution in [0, 0.1) is 0 Å². The lowest BCUT2D eigenvalue weighted by atomic mass is 10.2. The Morgan fingerprint density at radius 3 is 2.05 bits per heavy atom. The van der Waals surface area contributed by atoms with E-state index in [9.17, 15) is 0 Å². The van der Waals surface area contributed by atoms with Gasteiger partial charge in [0.25, 0.3) is 0 Å². The van der Waals surface area contributed by atoms with Crippen molar-refractivity contribution in [3.8, 4) is 0 Å². The Morgan fingerprint density at radius 2 is 1.43 bits per heavy atom. The van der Waals surface area contributed by atoms with Crippen molar-refractivity contribution in [1.29, 1.82) is 0 Å². The molecule has 0 saturated carbocycles. The first kappa shape index (κ1) is 15.8. The molecule has 1 saturated heterocycles. The smallest absolute Gasteiger partial charge is 0.173 e. The Balaban J connectivity index is 0.00000161. The van der Waals surface area contributed by atoms with Crippen LogP contribution in [-0.4, -0.2) is 13.1 Å². The van der Waals surface area contributed by atoms with Gasteiger partial charge in [-0.15, -0.1) is 12.4 Å². The molecule has 1 aliphatic heterocycles. The van der Waals surface area contributed by atoms with E-state index in [4.69, 9.17) is 0 Å². The molecule has 112 valence electrons. The van der Waals surface area contributed by atoms with Crippen LogP contribution in [-0.2, 0) is 6.54 Å². The zero-order chi connectivity index (χ0) is 13.6. The number of hydrogen-bond donors (Lipinski definition) is 0. The molecule has 0 bridgehead atoms. The van der Waals surface area contributed by atoms with Crippen molar-refractivity contribution in [1.82, 2.24) is 0 Å². The van der Waals surface area contributed by atoms with Gasteiger partial charge < -0.3 is 4.90 Å². The van der Waals surface area contributed by atoms with Crippen molar-refractivity contribution in [2.75, 3.05) is 18.0 Å². The molecule has 2 aromatic rings. The van der Waals surface area contributed by atoms with Crippen molar-refractivity contribution in [2.45, 2.75) is 32.2 Å². The summed E-state index contributed by atoms with van der Waals surface area (Å²) in [5.41, 5.74) is 2.72. The highest BCUT2D eigenvalue weighted by Crippen LogP contribution is 2.17. The summed E-state index contributed by atoms with van der Waals surface area (Å²) in [6, 6.07) is 15.1. The maximum Gasteiger partial charge on any atom is 0.173 e. The first-order chi connectivity index (χ1) is 9.92. The average molecular weight is 304 g/mol. The highest BCUT2D eigenvalue weighted by atomic mass is 35.5. The quantitative estimate of drug-likeness (QED) is 0.782. The minimum absolute atomic E-state index is 0. The summed E-state index contributed by atoms with van der Waals surface area (Å²) < 4.78 is 2.25. The van der Waals surface area contributed by atoms with Gasteiger partial charge in [-0.2, -0.15) is 0 Å². The van der Waals surface area contributed by atoms with Crippen molar-refractivity contribution in [3.63, 3.8) is 0 Å². The Hall–Kier alpha value is -1.54. The lowest BCUT2D eigenvalue weighted by Gasteiger charge is -2.21. The highest BCUT2D eigenvalue weighted by Gasteiger charge is 2.11. The molecule has 0 radical (unpaired) electrons. The third-order valence-electron chi connectivity index (χ3n) is 4.05. The van der Waals surface area contributed by atoms with Gasteiger partial charge in [-0.25, -0.2) is 4.57 Å². The van der Waals surface area contributed by atoms with E-state index in [1.54, 1.807) is 0 Å². The van der Waals surface area contributed by atoms with E-state index in [1.807, 2.05) is 0 Å². The third-order valence-corrected chi connectivity index (χ3v) is 4.05. The minimum Gasteiger partial charge on any atom is -0.371 e. The number of benzene rings is 1. The van der Waals surface area contributed by atoms with Gasteiger partial charge >= 0.3 is 0 Å². The molecule has 3 rings (SSSR count). The molecule has 1 aromatic heterocycles. The summed E-state index contributed by atoms with van der Waals surface area (Å²) in [4.78, 5) is 2.53. The van der Waals surface area contributed by atoms with E-state index in [2.05, 4.69) is 64.3 Å². The van der Waals surface area contributed by atoms with Crippen LogP contribution >= 0.6 is 12.4 Å². The van der Waals surface area contributed by atoms with Crippen LogP contribution in [0.3, 0.4) is 0 Å². The van der Waals surface area contributed by atoms with Gasteiger partial charge in [0.15, 0.2) is 18.9 Å². The Morgan fingerprint density at radius 1 is 0.810 bits per heavy atom. The first-order valence-electron chi connectivity index (χ1n) is 7.70. The summed E-state index contributed by atoms with van der Waals surface area (Å²) in [5, 5.41) is 0. The van der Waals surface area contributed by atoms with Crippen molar-refractivity contribution in [3.05, 3.63) is 60.4 Å². The summed E-state index contributed by atoms with van der Waals surface area (Å²) in [7, 11) is 0. The van der Waals surface area contributed by atoms with E-state index in [1.165, 1.54) is 50.0 Å². The van der Waals surface area contributed by atoms with E-state index in [-0.39, 0.29) is 12.4 Å². The molecular weight excluding hydrogens is 280 g/mol. The normalized spacial score (nSPS) is 15.1. The van der Waals surface area contributed by atoms with Gasteiger partial charge in [0, 0.05) is 36.5 Å². The van der Waals surface area contributed by atoms with Crippen LogP contribution < -0.4 is 9.47 Å². The van der Waals surface area contributed by atoms with Gasteiger partial charge in [0.05, 0.1) is 0 Å². The zero-order valence-electron chi connectivity index (χ0n) is 12.4. The molecule has 0 amide bonds. The second-order valence-electron chi connectivity index (χ2n) is 5.62. The maximum atomic E-state index is 2.53. The summed E-state index contributed by atoms with van der Waals surface area (Å²) >= 11 is 0. The Kier molecular flexibility index (Phi) is 6.06. The zero-order valence-corrected chi connectivity index (χ0v) is 13.3. The largest absolute Gasteiger partial charge is 0.371 e. The van der Waals surface area contributed by atoms with Crippen molar-refractivity contribution >= 4 is 18.1 Å². The molecule has 1 aliphatic rings. The molecule has 0 N–H and O–H groups in total. The Bertz CT molecular complexity index is 517. The molecule has 1 fully saturated rings. The molecule has 2 nitrogen and oxygen atoms in total. The van der Waals surface area contributed by atoms with Crippen LogP contribution in [0.25, 0.3) is 0 Å². The number of aromatic nitrogens is 1. The van der Waals surface area contributed by atoms with E-state index in [0.29, 0.717) is 0 Å². The fourth-order valence-electron chi connectivity index (χ4n) is 2.89. The number of rotatable bonds is 3. The number of nitrogens with zero attached hydrogens (tertiary/aromatic N) is 2. The molecule has 0 spiro atoms. The summed E-state index contributed by atoms with van der Waals surface area (Å²) in [6.07, 6.45) is 9.84. The lowest BCUT2D eigenvalue weighted by molar-refractivity contribution is -0.688. The fourth-order valence-corrected chi connectivity index (χ4v) is 2.89. The molecule has 2 heterocycles. The van der Waals surface area contributed by atoms with Gasteiger partial charge in [-0.05, 0) is 12.8 Å². The second-order valence-corrected chi connectivity index (χ2v) is 5.62. The number of anilines is 1. The van der Waals surface area contributed by atoms with Crippen LogP contribution in [0.2, 0.25) is 0 Å². The van der Waals surface area contributed by atoms with Gasteiger partial charge in [0.2, 0.25) is 0 Å². The predicted octanol–water partition coefficient (Wildman–Crippen LogP) is 3.82. The Labute approximate surface area is 133 Å². The van der Waals surface area contributed by atoms with Crippen LogP contribution in [0.4, 0.5) is 5.69 Å². The molecule has 0 unspecified atom stereocenters. The van der Waals surface area contributed by atoms with Crippen LogP contribution in [0.5, 0.6) is 0 Å². The SMILES string of the molecule is Cl.c1ccc(C[n+]2ccc(N3CCCCCC3)cc2)cc1. The fraction of sp³-hybridized carbons (Fsp3) is 0.389. The number of pyridine rings is 1. The summed E-state index contributed by atoms with van der Waals surface area (Å²) in [6.45, 7) is 3.37. The minimum atomic E-state index is 0. The molecule has 0 atom stereocenters. The average Bonchev–Trinajstić information content (AvgIpc) is 2.78. The van der Waals surface area contributed by atoms with E-state index < -0.39 is 0 Å². The van der Waals surface area contributed by atoms with Crippen molar-refractivity contribution < 1.29 is 4.57 Å². The number of hydrogen-bond acceptors (Lipinski definition) is 1. The third kappa shape index (κ3) is 4.47. The van der Waals surface area contributed by atoms with Crippen LogP contribution in [0.15, 0.2) is 54.9 Å². The highest BCUT2D eigenvalue weighted by molar-refractivity contribution is 5.85. The number of halogens is 1. The molecular formula is C18H24ClN2+. The van der Waals surface area contributed by atoms with Gasteiger partial charge in [-0.3, -0.25) is 0 Å². The van der Waals surface area contributed by atoms with E-state index in [0.717, 1.165) is 6.54 Å². The topological polar surface area (TPSA) is 7.12 Å². The van der Waals surface area contributed by atoms with Gasteiger partial charge in [-0.1, -0.05) is 43.2 Å². The molecule has 1 aromatic carbocycles. The van der Waals surface area contributed by atoms with Crippen molar-refractivity contribution in [2.24, 2.45) is 0 Å². The molecule has 21 heavy (non-hydrogen) atoms. The maximum absolute atomic E-state index is 2.53. The monoisotopic (exact) mass is 303 g/mol. The molecule has 0 aliphatic carbocycles. The van der Waals surface area contributed by atoms with E-state index >= 15 is 0 Å². The van der Waals surface area contributed by atoms with Crippen LogP contribution in [0.1, 0.15) is 31.2 Å². The molecule has 3 heteroatoms. The second kappa shape index (κ2) is 8.04. The predicted molar refractivity (Wildman–Crippen MR) is 90.1 cm³/mol. The lowest BCUT2D eigenvalue weighted by Crippen LogP contribution is -2.34. The summed E-state index contributed by atoms with van der Waals surface area (Å²) in [5.74, 6) is 0.